The summed E-state index contributed by atoms with van der Waals surface area (Å²) in [7, 11) is 0. The van der Waals surface area contributed by atoms with Gasteiger partial charge in [-0.15, -0.1) is 0 Å². The molecule has 8 heteroatoms. The Labute approximate surface area is 166 Å². The number of carbonyl (C=O) groups excluding carboxylic acids is 2. The Hall–Kier alpha value is -3.58. The van der Waals surface area contributed by atoms with Crippen molar-refractivity contribution in [2.45, 2.75) is 0 Å². The largest absolute Gasteiger partial charge is 0.482 e. The molecule has 0 aliphatic heterocycles. The maximum Gasteiger partial charge on any atom is 0.271 e. The van der Waals surface area contributed by atoms with Gasteiger partial charge in [-0.1, -0.05) is 11.6 Å². The van der Waals surface area contributed by atoms with Crippen molar-refractivity contribution in [2.24, 2.45) is 10.8 Å². The fourth-order valence-corrected chi connectivity index (χ4v) is 2.63. The van der Waals surface area contributed by atoms with Gasteiger partial charge in [-0.3, -0.25) is 9.59 Å². The maximum atomic E-state index is 12.2. The molecule has 142 valence electrons. The molecule has 0 aliphatic carbocycles. The van der Waals surface area contributed by atoms with Gasteiger partial charge in [-0.25, -0.2) is 5.43 Å². The van der Waals surface area contributed by atoms with Crippen LogP contribution < -0.4 is 15.9 Å². The number of benzene rings is 2. The van der Waals surface area contributed by atoms with Crippen LogP contribution in [0.15, 0.2) is 72.1 Å². The molecule has 2 aromatic carbocycles. The van der Waals surface area contributed by atoms with Crippen molar-refractivity contribution < 1.29 is 14.3 Å². The predicted molar refractivity (Wildman–Crippen MR) is 107 cm³/mol. The Bertz CT molecular complexity index is 999. The second-order valence-corrected chi connectivity index (χ2v) is 6.19. The van der Waals surface area contributed by atoms with Gasteiger partial charge >= 0.3 is 0 Å². The Kier molecular flexibility index (Phi) is 6.08. The Morgan fingerprint density at radius 3 is 2.50 bits per heavy atom. The van der Waals surface area contributed by atoms with Gasteiger partial charge in [0, 0.05) is 23.6 Å². The quantitative estimate of drug-likeness (QED) is 0.474. The average molecular weight is 397 g/mol. The second kappa shape index (κ2) is 8.88. The lowest BCUT2D eigenvalue weighted by Crippen LogP contribution is -2.20. The third-order valence-corrected chi connectivity index (χ3v) is 4.03. The van der Waals surface area contributed by atoms with E-state index in [-0.39, 0.29) is 12.5 Å². The van der Waals surface area contributed by atoms with Crippen LogP contribution in [0.3, 0.4) is 0 Å². The summed E-state index contributed by atoms with van der Waals surface area (Å²) < 4.78 is 7.11. The first kappa shape index (κ1) is 19.2. The number of nitrogens with two attached hydrogens (primary N) is 1. The molecular formula is C20H17ClN4O3. The van der Waals surface area contributed by atoms with E-state index in [2.05, 4.69) is 10.5 Å². The summed E-state index contributed by atoms with van der Waals surface area (Å²) in [6, 6.07) is 15.9. The number of amides is 2. The molecule has 0 unspecified atom stereocenters. The van der Waals surface area contributed by atoms with Crippen LogP contribution in [0.25, 0.3) is 5.69 Å². The molecule has 0 bridgehead atoms. The number of hydrazone groups is 1. The molecule has 0 radical (unpaired) electrons. The lowest BCUT2D eigenvalue weighted by atomic mass is 10.2. The van der Waals surface area contributed by atoms with E-state index in [4.69, 9.17) is 22.1 Å². The van der Waals surface area contributed by atoms with Crippen LogP contribution in [0.1, 0.15) is 15.9 Å². The normalized spacial score (nSPS) is 10.8. The standard InChI is InChI=1S/C20H17ClN4O3/c21-17-11-14(3-8-18(17)28-13-19(22)26)12-23-24-20(27)15-4-6-16(7-5-15)25-9-1-2-10-25/h1-12H,13H2,(H2,22,26)(H,24,27). The van der Waals surface area contributed by atoms with E-state index in [0.29, 0.717) is 21.9 Å². The van der Waals surface area contributed by atoms with Gasteiger partial charge in [0.15, 0.2) is 6.61 Å². The lowest BCUT2D eigenvalue weighted by molar-refractivity contribution is -0.119. The smallest absolute Gasteiger partial charge is 0.271 e. The second-order valence-electron chi connectivity index (χ2n) is 5.78. The highest BCUT2D eigenvalue weighted by Gasteiger charge is 2.06. The van der Waals surface area contributed by atoms with E-state index in [1.54, 1.807) is 30.3 Å². The molecule has 1 heterocycles. The van der Waals surface area contributed by atoms with Crippen LogP contribution in [-0.2, 0) is 4.79 Å². The van der Waals surface area contributed by atoms with Gasteiger partial charge in [0.25, 0.3) is 11.8 Å². The molecule has 0 spiro atoms. The van der Waals surface area contributed by atoms with Crippen LogP contribution in [-0.4, -0.2) is 29.2 Å². The number of halogens is 1. The minimum Gasteiger partial charge on any atom is -0.482 e. The maximum absolute atomic E-state index is 12.2. The number of nitrogens with one attached hydrogen (secondary N) is 1. The molecule has 28 heavy (non-hydrogen) atoms. The number of hydrogen-bond acceptors (Lipinski definition) is 4. The number of aromatic nitrogens is 1. The third-order valence-electron chi connectivity index (χ3n) is 3.74. The number of carbonyl (C=O) groups is 2. The molecule has 3 aromatic rings. The number of ether oxygens (including phenoxy) is 1. The van der Waals surface area contributed by atoms with E-state index in [9.17, 15) is 9.59 Å². The Balaban J connectivity index is 1.58. The summed E-state index contributed by atoms with van der Waals surface area (Å²) in [5.74, 6) is -0.585. The molecular weight excluding hydrogens is 380 g/mol. The van der Waals surface area contributed by atoms with E-state index in [1.807, 2.05) is 41.2 Å². The topological polar surface area (TPSA) is 98.7 Å². The molecule has 0 fully saturated rings. The zero-order valence-corrected chi connectivity index (χ0v) is 15.5. The fraction of sp³-hybridized carbons (Fsp3) is 0.0500. The molecule has 3 N–H and O–H groups in total. The first-order valence-corrected chi connectivity index (χ1v) is 8.68. The average Bonchev–Trinajstić information content (AvgIpc) is 3.22. The monoisotopic (exact) mass is 396 g/mol. The van der Waals surface area contributed by atoms with Gasteiger partial charge < -0.3 is 15.0 Å². The number of primary amides is 1. The van der Waals surface area contributed by atoms with E-state index in [1.165, 1.54) is 6.21 Å². The van der Waals surface area contributed by atoms with Gasteiger partial charge in [0.1, 0.15) is 5.75 Å². The Morgan fingerprint density at radius 1 is 1.14 bits per heavy atom. The number of hydrogen-bond donors (Lipinski definition) is 2. The van der Waals surface area contributed by atoms with Crippen molar-refractivity contribution in [1.82, 2.24) is 9.99 Å². The van der Waals surface area contributed by atoms with Crippen molar-refractivity contribution in [1.29, 1.82) is 0 Å². The summed E-state index contributed by atoms with van der Waals surface area (Å²) in [4.78, 5) is 22.9. The molecule has 2 amide bonds. The first-order chi connectivity index (χ1) is 13.5. The molecule has 0 saturated heterocycles. The van der Waals surface area contributed by atoms with Gasteiger partial charge in [0.05, 0.1) is 11.2 Å². The fourth-order valence-electron chi connectivity index (χ4n) is 2.38. The van der Waals surface area contributed by atoms with Crippen molar-refractivity contribution in [2.75, 3.05) is 6.61 Å². The minimum absolute atomic E-state index is 0.258. The van der Waals surface area contributed by atoms with Crippen LogP contribution >= 0.6 is 11.6 Å². The molecule has 0 aliphatic rings. The first-order valence-electron chi connectivity index (χ1n) is 8.30. The molecule has 0 atom stereocenters. The van der Waals surface area contributed by atoms with Gasteiger partial charge in [-0.05, 0) is 60.2 Å². The SMILES string of the molecule is NC(=O)COc1ccc(C=NNC(=O)c2ccc(-n3cccc3)cc2)cc1Cl. The van der Waals surface area contributed by atoms with Crippen molar-refractivity contribution in [3.63, 3.8) is 0 Å². The van der Waals surface area contributed by atoms with Gasteiger partial charge in [-0.2, -0.15) is 5.10 Å². The van der Waals surface area contributed by atoms with Crippen molar-refractivity contribution >= 4 is 29.6 Å². The van der Waals surface area contributed by atoms with Gasteiger partial charge in [0.2, 0.25) is 0 Å². The zero-order chi connectivity index (χ0) is 19.9. The number of rotatable bonds is 7. The highest BCUT2D eigenvalue weighted by Crippen LogP contribution is 2.24. The summed E-state index contributed by atoms with van der Waals surface area (Å²) in [6.07, 6.45) is 5.30. The minimum atomic E-state index is -0.592. The molecule has 1 aromatic heterocycles. The van der Waals surface area contributed by atoms with Crippen LogP contribution in [0.5, 0.6) is 5.75 Å². The highest BCUT2D eigenvalue weighted by molar-refractivity contribution is 6.32. The summed E-state index contributed by atoms with van der Waals surface area (Å²) in [5, 5.41) is 4.23. The summed E-state index contributed by atoms with van der Waals surface area (Å²) >= 11 is 6.08. The summed E-state index contributed by atoms with van der Waals surface area (Å²) in [5.41, 5.74) is 9.59. The van der Waals surface area contributed by atoms with Crippen molar-refractivity contribution in [3.8, 4) is 11.4 Å². The van der Waals surface area contributed by atoms with Crippen LogP contribution in [0, 0.1) is 0 Å². The predicted octanol–water partition coefficient (Wildman–Crippen LogP) is 2.76. The van der Waals surface area contributed by atoms with E-state index < -0.39 is 5.91 Å². The third kappa shape index (κ3) is 4.99. The molecule has 3 rings (SSSR count). The Morgan fingerprint density at radius 2 is 1.86 bits per heavy atom. The van der Waals surface area contributed by atoms with Crippen LogP contribution in [0.2, 0.25) is 5.02 Å². The van der Waals surface area contributed by atoms with Crippen LogP contribution in [0.4, 0.5) is 0 Å². The summed E-state index contributed by atoms with van der Waals surface area (Å²) in [6.45, 7) is -0.258. The molecule has 7 nitrogen and oxygen atoms in total. The highest BCUT2D eigenvalue weighted by atomic mass is 35.5. The van der Waals surface area contributed by atoms with Crippen molar-refractivity contribution in [3.05, 3.63) is 83.1 Å². The molecule has 0 saturated carbocycles. The van der Waals surface area contributed by atoms with E-state index >= 15 is 0 Å². The number of nitrogens with zero attached hydrogens (tertiary/aromatic N) is 2. The van der Waals surface area contributed by atoms with E-state index in [0.717, 1.165) is 5.69 Å². The zero-order valence-electron chi connectivity index (χ0n) is 14.7. The lowest BCUT2D eigenvalue weighted by Gasteiger charge is -2.06.